The van der Waals surface area contributed by atoms with Crippen LogP contribution >= 0.6 is 11.6 Å². The van der Waals surface area contributed by atoms with Crippen LogP contribution < -0.4 is 10.0 Å². The average molecular weight is 440 g/mol. The number of amides is 1. The summed E-state index contributed by atoms with van der Waals surface area (Å²) in [5.74, 6) is -2.09. The van der Waals surface area contributed by atoms with E-state index >= 15 is 0 Å². The van der Waals surface area contributed by atoms with Gasteiger partial charge in [0.25, 0.3) is 15.9 Å². The predicted octanol–water partition coefficient (Wildman–Crippen LogP) is 2.09. The zero-order valence-corrected chi connectivity index (χ0v) is 16.6. The zero-order valence-electron chi connectivity index (χ0n) is 15.0. The first-order valence-electron chi connectivity index (χ1n) is 8.29. The fourth-order valence-corrected chi connectivity index (χ4v) is 3.92. The van der Waals surface area contributed by atoms with E-state index in [9.17, 15) is 22.4 Å². The van der Waals surface area contributed by atoms with Crippen LogP contribution in [0.3, 0.4) is 0 Å². The molecule has 0 radical (unpaired) electrons. The largest absolute Gasteiger partial charge is 0.454 e. The number of esters is 1. The van der Waals surface area contributed by atoms with E-state index in [0.717, 1.165) is 6.07 Å². The molecule has 0 aromatic heterocycles. The highest BCUT2D eigenvalue weighted by molar-refractivity contribution is 7.90. The van der Waals surface area contributed by atoms with Gasteiger partial charge in [0, 0.05) is 11.3 Å². The number of aliphatic imine (C=N–C) groups is 1. The molecule has 0 saturated carbocycles. The number of amidine groups is 1. The Bertz CT molecular complexity index is 1120. The molecule has 1 amide bonds. The molecule has 0 unspecified atom stereocenters. The van der Waals surface area contributed by atoms with Crippen LogP contribution in [0.15, 0.2) is 52.4 Å². The minimum atomic E-state index is -3.73. The number of nitrogens with zero attached hydrogens (tertiary/aromatic N) is 1. The number of anilines is 1. The first kappa shape index (κ1) is 20.7. The van der Waals surface area contributed by atoms with Crippen molar-refractivity contribution in [2.75, 3.05) is 11.9 Å². The number of benzene rings is 2. The van der Waals surface area contributed by atoms with Gasteiger partial charge in [0.15, 0.2) is 6.61 Å². The van der Waals surface area contributed by atoms with E-state index in [1.165, 1.54) is 25.1 Å². The van der Waals surface area contributed by atoms with Crippen LogP contribution in [0.25, 0.3) is 0 Å². The summed E-state index contributed by atoms with van der Waals surface area (Å²) in [6, 6.07) is 8.75. The standard InChI is InChI=1S/C18H15ClFN3O5S/c1-10(21-17-12-4-2-3-5-15(12)29(26,27)23-17)18(25)28-9-16(24)22-11-6-7-14(20)13(19)8-11/h2-8,10H,9H2,1H3,(H,21,23)(H,22,24)/t10-/m0/s1. The van der Waals surface area contributed by atoms with Crippen LogP contribution in [-0.2, 0) is 24.3 Å². The van der Waals surface area contributed by atoms with Gasteiger partial charge in [0.1, 0.15) is 17.7 Å². The molecular formula is C18H15ClFN3O5S. The summed E-state index contributed by atoms with van der Waals surface area (Å²) in [4.78, 5) is 28.1. The van der Waals surface area contributed by atoms with Crippen LogP contribution in [0, 0.1) is 5.82 Å². The molecule has 11 heteroatoms. The molecule has 0 fully saturated rings. The lowest BCUT2D eigenvalue weighted by Gasteiger charge is -2.10. The third kappa shape index (κ3) is 4.72. The maximum absolute atomic E-state index is 13.1. The van der Waals surface area contributed by atoms with E-state index in [4.69, 9.17) is 16.3 Å². The molecule has 1 aliphatic heterocycles. The fraction of sp³-hybridized carbons (Fsp3) is 0.167. The lowest BCUT2D eigenvalue weighted by Crippen LogP contribution is -2.28. The Labute approximate surface area is 170 Å². The quantitative estimate of drug-likeness (QED) is 0.692. The van der Waals surface area contributed by atoms with E-state index < -0.39 is 40.4 Å². The van der Waals surface area contributed by atoms with Gasteiger partial charge < -0.3 is 10.1 Å². The topological polar surface area (TPSA) is 114 Å². The second-order valence-corrected chi connectivity index (χ2v) is 8.10. The maximum Gasteiger partial charge on any atom is 0.331 e. The summed E-state index contributed by atoms with van der Waals surface area (Å²) in [5.41, 5.74) is 0.584. The lowest BCUT2D eigenvalue weighted by atomic mass is 10.2. The van der Waals surface area contributed by atoms with Crippen LogP contribution in [0.2, 0.25) is 5.02 Å². The summed E-state index contributed by atoms with van der Waals surface area (Å²) in [7, 11) is -3.73. The van der Waals surface area contributed by atoms with Gasteiger partial charge in [-0.2, -0.15) is 0 Å². The number of ether oxygens (including phenoxy) is 1. The summed E-state index contributed by atoms with van der Waals surface area (Å²) < 4.78 is 44.4. The predicted molar refractivity (Wildman–Crippen MR) is 104 cm³/mol. The van der Waals surface area contributed by atoms with Crippen molar-refractivity contribution in [3.63, 3.8) is 0 Å². The van der Waals surface area contributed by atoms with E-state index in [2.05, 4.69) is 15.0 Å². The molecule has 8 nitrogen and oxygen atoms in total. The number of halogens is 2. The molecule has 29 heavy (non-hydrogen) atoms. The minimum absolute atomic E-state index is 0.0236. The summed E-state index contributed by atoms with van der Waals surface area (Å²) in [5, 5.41) is 2.24. The second kappa shape index (κ2) is 8.18. The number of sulfonamides is 1. The maximum atomic E-state index is 13.1. The SMILES string of the molecule is C[C@H](N=C1NS(=O)(=O)c2ccccc21)C(=O)OCC(=O)Nc1ccc(F)c(Cl)c1. The molecule has 2 aromatic rings. The summed E-state index contributed by atoms with van der Waals surface area (Å²) in [6.07, 6.45) is 0. The first-order valence-corrected chi connectivity index (χ1v) is 10.1. The van der Waals surface area contributed by atoms with Gasteiger partial charge in [-0.3, -0.25) is 14.5 Å². The molecule has 1 aliphatic rings. The third-order valence-electron chi connectivity index (χ3n) is 3.88. The van der Waals surface area contributed by atoms with E-state index in [1.54, 1.807) is 18.2 Å². The molecule has 0 spiro atoms. The number of nitrogens with one attached hydrogen (secondary N) is 2. The molecule has 1 heterocycles. The third-order valence-corrected chi connectivity index (χ3v) is 5.56. The molecule has 2 aromatic carbocycles. The number of carbonyl (C=O) groups excluding carboxylic acids is 2. The normalized spacial score (nSPS) is 16.6. The Morgan fingerprint density at radius 2 is 2.00 bits per heavy atom. The molecule has 0 saturated heterocycles. The Kier molecular flexibility index (Phi) is 5.85. The number of fused-ring (bicyclic) bond motifs is 1. The second-order valence-electron chi connectivity index (χ2n) is 6.04. The van der Waals surface area contributed by atoms with Crippen molar-refractivity contribution in [3.8, 4) is 0 Å². The van der Waals surface area contributed by atoms with Crippen molar-refractivity contribution in [1.29, 1.82) is 0 Å². The average Bonchev–Trinajstić information content (AvgIpc) is 2.93. The summed E-state index contributed by atoms with van der Waals surface area (Å²) in [6.45, 7) is 0.799. The number of hydrogen-bond acceptors (Lipinski definition) is 6. The monoisotopic (exact) mass is 439 g/mol. The van der Waals surface area contributed by atoms with E-state index in [1.807, 2.05) is 0 Å². The molecular weight excluding hydrogens is 425 g/mol. The highest BCUT2D eigenvalue weighted by Crippen LogP contribution is 2.22. The van der Waals surface area contributed by atoms with Crippen molar-refractivity contribution in [1.82, 2.24) is 4.72 Å². The van der Waals surface area contributed by atoms with Crippen LogP contribution in [0.4, 0.5) is 10.1 Å². The van der Waals surface area contributed by atoms with Gasteiger partial charge in [-0.25, -0.2) is 17.6 Å². The molecule has 3 rings (SSSR count). The van der Waals surface area contributed by atoms with Crippen LogP contribution in [0.1, 0.15) is 12.5 Å². The molecule has 152 valence electrons. The Hall–Kier alpha value is -2.98. The number of carbonyl (C=O) groups is 2. The zero-order chi connectivity index (χ0) is 21.2. The Morgan fingerprint density at radius 3 is 2.72 bits per heavy atom. The van der Waals surface area contributed by atoms with Crippen LogP contribution in [-0.4, -0.2) is 38.8 Å². The fourth-order valence-electron chi connectivity index (χ4n) is 2.50. The number of hydrogen-bond donors (Lipinski definition) is 2. The van der Waals surface area contributed by atoms with Gasteiger partial charge in [-0.15, -0.1) is 0 Å². The van der Waals surface area contributed by atoms with Crippen molar-refractivity contribution in [2.45, 2.75) is 17.9 Å². The van der Waals surface area contributed by atoms with Gasteiger partial charge in [0.2, 0.25) is 0 Å². The van der Waals surface area contributed by atoms with E-state index in [-0.39, 0.29) is 21.4 Å². The lowest BCUT2D eigenvalue weighted by molar-refractivity contribution is -0.148. The first-order chi connectivity index (χ1) is 13.7. The van der Waals surface area contributed by atoms with Crippen molar-refractivity contribution < 1.29 is 27.1 Å². The number of rotatable bonds is 5. The van der Waals surface area contributed by atoms with Crippen molar-refractivity contribution in [3.05, 3.63) is 58.9 Å². The van der Waals surface area contributed by atoms with Gasteiger partial charge in [-0.1, -0.05) is 23.7 Å². The van der Waals surface area contributed by atoms with Crippen molar-refractivity contribution >= 4 is 45.0 Å². The highest BCUT2D eigenvalue weighted by Gasteiger charge is 2.31. The molecule has 0 aliphatic carbocycles. The molecule has 1 atom stereocenters. The molecule has 2 N–H and O–H groups in total. The van der Waals surface area contributed by atoms with Gasteiger partial charge >= 0.3 is 5.97 Å². The van der Waals surface area contributed by atoms with Gasteiger partial charge in [0.05, 0.1) is 9.92 Å². The summed E-state index contributed by atoms with van der Waals surface area (Å²) >= 11 is 5.63. The van der Waals surface area contributed by atoms with Gasteiger partial charge in [-0.05, 0) is 37.3 Å². The van der Waals surface area contributed by atoms with E-state index in [0.29, 0.717) is 5.56 Å². The Balaban J connectivity index is 1.60. The van der Waals surface area contributed by atoms with Crippen LogP contribution in [0.5, 0.6) is 0 Å². The highest BCUT2D eigenvalue weighted by atomic mass is 35.5. The molecule has 0 bridgehead atoms. The Morgan fingerprint density at radius 1 is 1.28 bits per heavy atom. The minimum Gasteiger partial charge on any atom is -0.454 e. The van der Waals surface area contributed by atoms with Crippen molar-refractivity contribution in [2.24, 2.45) is 4.99 Å². The smallest absolute Gasteiger partial charge is 0.331 e.